The molecule has 1 aromatic carbocycles. The molecule has 4 heteroatoms. The molecule has 2 unspecified atom stereocenters. The second kappa shape index (κ2) is 7.29. The predicted octanol–water partition coefficient (Wildman–Crippen LogP) is 2.26. The molecule has 2 rings (SSSR count). The maximum Gasteiger partial charge on any atom is 0.220 e. The zero-order valence-electron chi connectivity index (χ0n) is 12.3. The first-order chi connectivity index (χ1) is 9.69. The standard InChI is InChI=1S/C16H24N2O2/c1-3-20-15-6-4-14(5-7-15)12(2)18-16(19)10-13-8-9-17-11-13/h4-7,12-13,17H,3,8-11H2,1-2H3,(H,18,19). The van der Waals surface area contributed by atoms with Gasteiger partial charge in [0, 0.05) is 6.42 Å². The molecule has 0 spiro atoms. The van der Waals surface area contributed by atoms with Crippen molar-refractivity contribution in [2.24, 2.45) is 5.92 Å². The fourth-order valence-electron chi connectivity index (χ4n) is 2.55. The molecule has 0 aliphatic carbocycles. The Balaban J connectivity index is 1.83. The molecule has 0 radical (unpaired) electrons. The molecule has 0 saturated carbocycles. The summed E-state index contributed by atoms with van der Waals surface area (Å²) in [7, 11) is 0. The minimum Gasteiger partial charge on any atom is -0.494 e. The molecule has 0 aromatic heterocycles. The fourth-order valence-corrected chi connectivity index (χ4v) is 2.55. The van der Waals surface area contributed by atoms with Crippen LogP contribution in [0.15, 0.2) is 24.3 Å². The number of ether oxygens (including phenoxy) is 1. The van der Waals surface area contributed by atoms with Crippen molar-refractivity contribution in [2.75, 3.05) is 19.7 Å². The Kier molecular flexibility index (Phi) is 5.41. The van der Waals surface area contributed by atoms with Crippen LogP contribution in [0.1, 0.15) is 38.3 Å². The molecule has 1 aliphatic rings. The van der Waals surface area contributed by atoms with E-state index in [-0.39, 0.29) is 11.9 Å². The summed E-state index contributed by atoms with van der Waals surface area (Å²) < 4.78 is 5.42. The van der Waals surface area contributed by atoms with Crippen LogP contribution in [0.2, 0.25) is 0 Å². The molecule has 0 bridgehead atoms. The normalized spacial score (nSPS) is 19.6. The number of rotatable bonds is 6. The summed E-state index contributed by atoms with van der Waals surface area (Å²) in [4.78, 5) is 12.0. The van der Waals surface area contributed by atoms with E-state index in [4.69, 9.17) is 4.74 Å². The molecule has 1 aliphatic heterocycles. The maximum absolute atomic E-state index is 12.0. The van der Waals surface area contributed by atoms with Gasteiger partial charge in [-0.2, -0.15) is 0 Å². The molecule has 2 N–H and O–H groups in total. The molecule has 4 nitrogen and oxygen atoms in total. The third kappa shape index (κ3) is 4.23. The molecule has 20 heavy (non-hydrogen) atoms. The average molecular weight is 276 g/mol. The Morgan fingerprint density at radius 3 is 2.80 bits per heavy atom. The van der Waals surface area contributed by atoms with E-state index < -0.39 is 0 Å². The molecule has 1 aromatic rings. The highest BCUT2D eigenvalue weighted by Gasteiger charge is 2.19. The van der Waals surface area contributed by atoms with E-state index in [1.165, 1.54) is 0 Å². The smallest absolute Gasteiger partial charge is 0.220 e. The highest BCUT2D eigenvalue weighted by atomic mass is 16.5. The Hall–Kier alpha value is -1.55. The third-order valence-corrected chi connectivity index (χ3v) is 3.71. The number of amides is 1. The molecule has 2 atom stereocenters. The number of nitrogens with one attached hydrogen (secondary N) is 2. The Bertz CT molecular complexity index is 425. The summed E-state index contributed by atoms with van der Waals surface area (Å²) in [6, 6.07) is 7.94. The highest BCUT2D eigenvalue weighted by molar-refractivity contribution is 5.76. The summed E-state index contributed by atoms with van der Waals surface area (Å²) >= 11 is 0. The monoisotopic (exact) mass is 276 g/mol. The van der Waals surface area contributed by atoms with Crippen molar-refractivity contribution in [2.45, 2.75) is 32.7 Å². The summed E-state index contributed by atoms with van der Waals surface area (Å²) in [5, 5.41) is 6.35. The molecule has 110 valence electrons. The Morgan fingerprint density at radius 1 is 1.45 bits per heavy atom. The number of carbonyl (C=O) groups is 1. The van der Waals surface area contributed by atoms with E-state index in [0.29, 0.717) is 18.9 Å². The number of benzene rings is 1. The maximum atomic E-state index is 12.0. The highest BCUT2D eigenvalue weighted by Crippen LogP contribution is 2.18. The van der Waals surface area contributed by atoms with Crippen molar-refractivity contribution in [3.05, 3.63) is 29.8 Å². The molecule has 1 amide bonds. The van der Waals surface area contributed by atoms with Crippen molar-refractivity contribution in [3.63, 3.8) is 0 Å². The second-order valence-electron chi connectivity index (χ2n) is 5.35. The van der Waals surface area contributed by atoms with Gasteiger partial charge in [-0.1, -0.05) is 12.1 Å². The van der Waals surface area contributed by atoms with E-state index >= 15 is 0 Å². The van der Waals surface area contributed by atoms with Crippen LogP contribution in [-0.2, 0) is 4.79 Å². The zero-order valence-corrected chi connectivity index (χ0v) is 12.3. The van der Waals surface area contributed by atoms with Crippen molar-refractivity contribution in [3.8, 4) is 5.75 Å². The van der Waals surface area contributed by atoms with Gasteiger partial charge in [-0.15, -0.1) is 0 Å². The Morgan fingerprint density at radius 2 is 2.20 bits per heavy atom. The lowest BCUT2D eigenvalue weighted by molar-refractivity contribution is -0.122. The summed E-state index contributed by atoms with van der Waals surface area (Å²) in [6.07, 6.45) is 1.72. The first kappa shape index (κ1) is 14.9. The van der Waals surface area contributed by atoms with Crippen LogP contribution in [0.4, 0.5) is 0 Å². The van der Waals surface area contributed by atoms with Crippen LogP contribution >= 0.6 is 0 Å². The number of carbonyl (C=O) groups excluding carboxylic acids is 1. The van der Waals surface area contributed by atoms with Gasteiger partial charge in [-0.25, -0.2) is 0 Å². The quantitative estimate of drug-likeness (QED) is 0.838. The van der Waals surface area contributed by atoms with E-state index in [2.05, 4.69) is 10.6 Å². The molecular weight excluding hydrogens is 252 g/mol. The average Bonchev–Trinajstić information content (AvgIpc) is 2.92. The lowest BCUT2D eigenvalue weighted by atomic mass is 10.0. The first-order valence-corrected chi connectivity index (χ1v) is 7.42. The van der Waals surface area contributed by atoms with E-state index in [1.54, 1.807) is 0 Å². The largest absolute Gasteiger partial charge is 0.494 e. The van der Waals surface area contributed by atoms with Crippen molar-refractivity contribution < 1.29 is 9.53 Å². The van der Waals surface area contributed by atoms with Gasteiger partial charge in [0.1, 0.15) is 5.75 Å². The van der Waals surface area contributed by atoms with Crippen LogP contribution in [0.5, 0.6) is 5.75 Å². The van der Waals surface area contributed by atoms with Crippen molar-refractivity contribution in [1.29, 1.82) is 0 Å². The Labute approximate surface area is 120 Å². The minimum atomic E-state index is 0.0348. The lowest BCUT2D eigenvalue weighted by Gasteiger charge is -2.16. The lowest BCUT2D eigenvalue weighted by Crippen LogP contribution is -2.28. The molecule has 1 saturated heterocycles. The molecule has 1 heterocycles. The third-order valence-electron chi connectivity index (χ3n) is 3.71. The topological polar surface area (TPSA) is 50.4 Å². The fraction of sp³-hybridized carbons (Fsp3) is 0.562. The van der Waals surface area contributed by atoms with Crippen LogP contribution < -0.4 is 15.4 Å². The van der Waals surface area contributed by atoms with E-state index in [9.17, 15) is 4.79 Å². The first-order valence-electron chi connectivity index (χ1n) is 7.42. The number of hydrogen-bond donors (Lipinski definition) is 2. The summed E-state index contributed by atoms with van der Waals surface area (Å²) in [6.45, 7) is 6.65. The summed E-state index contributed by atoms with van der Waals surface area (Å²) in [5.41, 5.74) is 1.10. The van der Waals surface area contributed by atoms with Gasteiger partial charge >= 0.3 is 0 Å². The molecular formula is C16H24N2O2. The summed E-state index contributed by atoms with van der Waals surface area (Å²) in [5.74, 6) is 1.49. The van der Waals surface area contributed by atoms with Gasteiger partial charge in [-0.3, -0.25) is 4.79 Å². The van der Waals surface area contributed by atoms with Crippen LogP contribution in [0.3, 0.4) is 0 Å². The van der Waals surface area contributed by atoms with Crippen LogP contribution in [-0.4, -0.2) is 25.6 Å². The van der Waals surface area contributed by atoms with Gasteiger partial charge < -0.3 is 15.4 Å². The zero-order chi connectivity index (χ0) is 14.4. The minimum absolute atomic E-state index is 0.0348. The molecule has 1 fully saturated rings. The number of hydrogen-bond acceptors (Lipinski definition) is 3. The van der Waals surface area contributed by atoms with Gasteiger partial charge in [0.2, 0.25) is 5.91 Å². The van der Waals surface area contributed by atoms with Gasteiger partial charge in [0.05, 0.1) is 12.6 Å². The van der Waals surface area contributed by atoms with Gasteiger partial charge in [-0.05, 0) is 57.0 Å². The second-order valence-corrected chi connectivity index (χ2v) is 5.35. The van der Waals surface area contributed by atoms with E-state index in [1.807, 2.05) is 38.1 Å². The van der Waals surface area contributed by atoms with Crippen molar-refractivity contribution in [1.82, 2.24) is 10.6 Å². The van der Waals surface area contributed by atoms with Crippen LogP contribution in [0.25, 0.3) is 0 Å². The van der Waals surface area contributed by atoms with Gasteiger partial charge in [0.25, 0.3) is 0 Å². The van der Waals surface area contributed by atoms with Gasteiger partial charge in [0.15, 0.2) is 0 Å². The van der Waals surface area contributed by atoms with Crippen LogP contribution in [0, 0.1) is 5.92 Å². The van der Waals surface area contributed by atoms with E-state index in [0.717, 1.165) is 30.8 Å². The SMILES string of the molecule is CCOc1ccc(C(C)NC(=O)CC2CCNC2)cc1. The predicted molar refractivity (Wildman–Crippen MR) is 79.8 cm³/mol. The van der Waals surface area contributed by atoms with Crippen molar-refractivity contribution >= 4 is 5.91 Å².